The highest BCUT2D eigenvalue weighted by atomic mass is 31.2. The van der Waals surface area contributed by atoms with E-state index in [1.165, 1.54) is 24.9 Å². The van der Waals surface area contributed by atoms with Crippen molar-refractivity contribution < 1.29 is 18.1 Å². The van der Waals surface area contributed by atoms with E-state index in [4.69, 9.17) is 4.52 Å². The summed E-state index contributed by atoms with van der Waals surface area (Å²) in [5, 5.41) is 0. The summed E-state index contributed by atoms with van der Waals surface area (Å²) >= 11 is 0. The fourth-order valence-electron chi connectivity index (χ4n) is 1.39. The minimum absolute atomic E-state index is 0.143. The number of allylic oxidation sites excluding steroid dienone is 1. The zero-order valence-electron chi connectivity index (χ0n) is 10.6. The molecule has 7 heteroatoms. The lowest BCUT2D eigenvalue weighted by molar-refractivity contribution is 0.211. The van der Waals surface area contributed by atoms with Crippen LogP contribution in [0.3, 0.4) is 0 Å². The van der Waals surface area contributed by atoms with Crippen molar-refractivity contribution in [3.05, 3.63) is 40.8 Å². The Balaban J connectivity index is 3.11. The molecule has 1 rings (SSSR count). The first-order chi connectivity index (χ1) is 8.45. The van der Waals surface area contributed by atoms with Crippen molar-refractivity contribution in [3.8, 4) is 5.75 Å². The predicted octanol–water partition coefficient (Wildman–Crippen LogP) is 2.12. The van der Waals surface area contributed by atoms with Crippen molar-refractivity contribution in [1.29, 1.82) is 0 Å². The van der Waals surface area contributed by atoms with E-state index in [9.17, 15) is 9.36 Å². The summed E-state index contributed by atoms with van der Waals surface area (Å²) in [4.78, 5) is 11.8. The molecule has 0 unspecified atom stereocenters. The molecule has 1 aromatic heterocycles. The molecule has 6 nitrogen and oxygen atoms in total. The lowest BCUT2D eigenvalue weighted by atomic mass is 10.3. The molecule has 0 saturated carbocycles. The van der Waals surface area contributed by atoms with Crippen molar-refractivity contribution >= 4 is 7.82 Å². The third kappa shape index (κ3) is 3.32. The van der Waals surface area contributed by atoms with Gasteiger partial charge in [0.05, 0.1) is 0 Å². The zero-order chi connectivity index (χ0) is 13.8. The largest absolute Gasteiger partial charge is 0.529 e. The van der Waals surface area contributed by atoms with Crippen LogP contribution in [0.1, 0.15) is 5.69 Å². The average Bonchev–Trinajstić information content (AvgIpc) is 2.33. The molecule has 0 aliphatic carbocycles. The van der Waals surface area contributed by atoms with Gasteiger partial charge in [0.1, 0.15) is 5.75 Å². The van der Waals surface area contributed by atoms with Gasteiger partial charge in [0.15, 0.2) is 0 Å². The zero-order valence-corrected chi connectivity index (χ0v) is 11.5. The highest BCUT2D eigenvalue weighted by Gasteiger charge is 2.25. The van der Waals surface area contributed by atoms with Crippen LogP contribution in [0.15, 0.2) is 29.6 Å². The molecule has 1 aromatic rings. The van der Waals surface area contributed by atoms with E-state index in [1.807, 2.05) is 0 Å². The van der Waals surface area contributed by atoms with Crippen molar-refractivity contribution in [2.24, 2.45) is 0 Å². The Bertz CT molecular complexity index is 529. The van der Waals surface area contributed by atoms with Gasteiger partial charge in [0.2, 0.25) is 0 Å². The number of nitrogens with zero attached hydrogens (tertiary/aromatic N) is 1. The van der Waals surface area contributed by atoms with E-state index >= 15 is 0 Å². The van der Waals surface area contributed by atoms with Crippen molar-refractivity contribution in [3.63, 3.8) is 0 Å². The Kier molecular flexibility index (Phi) is 4.90. The van der Waals surface area contributed by atoms with E-state index in [0.29, 0.717) is 12.2 Å². The minimum atomic E-state index is -3.64. The van der Waals surface area contributed by atoms with Gasteiger partial charge in [-0.25, -0.2) is 4.57 Å². The van der Waals surface area contributed by atoms with Crippen molar-refractivity contribution in [1.82, 2.24) is 4.57 Å². The fraction of sp³-hybridized carbons (Fsp3) is 0.364. The van der Waals surface area contributed by atoms with E-state index < -0.39 is 7.82 Å². The molecule has 1 heterocycles. The van der Waals surface area contributed by atoms with E-state index in [-0.39, 0.29) is 11.3 Å². The third-order valence-electron chi connectivity index (χ3n) is 2.28. The number of aromatic nitrogens is 1. The van der Waals surface area contributed by atoms with Crippen LogP contribution in [0.25, 0.3) is 0 Å². The average molecular weight is 273 g/mol. The van der Waals surface area contributed by atoms with Crippen LogP contribution in [-0.2, 0) is 20.2 Å². The number of phosphoric acid groups is 1. The van der Waals surface area contributed by atoms with Crippen LogP contribution in [0, 0.1) is 6.92 Å². The quantitative estimate of drug-likeness (QED) is 0.586. The maximum atomic E-state index is 11.8. The number of hydrogen-bond donors (Lipinski definition) is 0. The summed E-state index contributed by atoms with van der Waals surface area (Å²) in [6.45, 7) is 5.71. The smallest absolute Gasteiger partial charge is 0.404 e. The Morgan fingerprint density at radius 2 is 2.00 bits per heavy atom. The molecular formula is C11H16NO5P. The molecule has 0 atom stereocenters. The lowest BCUT2D eigenvalue weighted by Crippen LogP contribution is -2.20. The SMILES string of the molecule is C=CCn1c(C)cc(OP(=O)(OC)OC)cc1=O. The topological polar surface area (TPSA) is 66.8 Å². The second-order valence-electron chi connectivity index (χ2n) is 3.47. The molecule has 100 valence electrons. The predicted molar refractivity (Wildman–Crippen MR) is 67.9 cm³/mol. The molecule has 0 aromatic carbocycles. The molecule has 0 N–H and O–H groups in total. The number of rotatable bonds is 6. The number of phosphoric ester groups is 1. The van der Waals surface area contributed by atoms with Gasteiger partial charge >= 0.3 is 7.82 Å². The summed E-state index contributed by atoms with van der Waals surface area (Å²) < 4.78 is 27.6. The molecule has 0 saturated heterocycles. The van der Waals surface area contributed by atoms with E-state index in [2.05, 4.69) is 15.6 Å². The van der Waals surface area contributed by atoms with Crippen LogP contribution < -0.4 is 10.1 Å². The monoisotopic (exact) mass is 273 g/mol. The van der Waals surface area contributed by atoms with Crippen LogP contribution in [-0.4, -0.2) is 18.8 Å². The van der Waals surface area contributed by atoms with Crippen LogP contribution in [0.4, 0.5) is 0 Å². The Hall–Kier alpha value is -1.36. The van der Waals surface area contributed by atoms with Crippen molar-refractivity contribution in [2.75, 3.05) is 14.2 Å². The van der Waals surface area contributed by atoms with Crippen LogP contribution >= 0.6 is 7.82 Å². The van der Waals surface area contributed by atoms with Gasteiger partial charge in [-0.2, -0.15) is 0 Å². The highest BCUT2D eigenvalue weighted by molar-refractivity contribution is 7.48. The summed E-state index contributed by atoms with van der Waals surface area (Å²) in [7, 11) is -1.23. The normalized spacial score (nSPS) is 11.3. The fourth-order valence-corrected chi connectivity index (χ4v) is 2.05. The molecule has 18 heavy (non-hydrogen) atoms. The van der Waals surface area contributed by atoms with Gasteiger partial charge in [-0.05, 0) is 6.92 Å². The van der Waals surface area contributed by atoms with Gasteiger partial charge in [0.25, 0.3) is 5.56 Å². The van der Waals surface area contributed by atoms with E-state index in [1.54, 1.807) is 19.1 Å². The van der Waals surface area contributed by atoms with Crippen molar-refractivity contribution in [2.45, 2.75) is 13.5 Å². The summed E-state index contributed by atoms with van der Waals surface area (Å²) in [6, 6.07) is 2.80. The molecule has 0 aliphatic rings. The van der Waals surface area contributed by atoms with Gasteiger partial charge < -0.3 is 9.09 Å². The van der Waals surface area contributed by atoms with Crippen LogP contribution in [0.2, 0.25) is 0 Å². The Morgan fingerprint density at radius 1 is 1.39 bits per heavy atom. The lowest BCUT2D eigenvalue weighted by Gasteiger charge is -2.15. The van der Waals surface area contributed by atoms with Gasteiger partial charge in [-0.3, -0.25) is 13.8 Å². The van der Waals surface area contributed by atoms with Crippen LogP contribution in [0.5, 0.6) is 5.75 Å². The maximum absolute atomic E-state index is 11.8. The van der Waals surface area contributed by atoms with Gasteiger partial charge in [-0.15, -0.1) is 6.58 Å². The third-order valence-corrected chi connectivity index (χ3v) is 3.61. The molecule has 0 amide bonds. The molecule has 0 radical (unpaired) electrons. The second kappa shape index (κ2) is 6.00. The minimum Gasteiger partial charge on any atom is -0.404 e. The molecule has 0 spiro atoms. The Morgan fingerprint density at radius 3 is 2.44 bits per heavy atom. The highest BCUT2D eigenvalue weighted by Crippen LogP contribution is 2.47. The second-order valence-corrected chi connectivity index (χ2v) is 5.28. The number of hydrogen-bond acceptors (Lipinski definition) is 5. The molecule has 0 aliphatic heterocycles. The van der Waals surface area contributed by atoms with Gasteiger partial charge in [0, 0.05) is 38.6 Å². The summed E-state index contributed by atoms with van der Waals surface area (Å²) in [5.74, 6) is 0.143. The maximum Gasteiger partial charge on any atom is 0.529 e. The number of aryl methyl sites for hydroxylation is 1. The molecule has 0 fully saturated rings. The Labute approximate surface area is 105 Å². The van der Waals surface area contributed by atoms with E-state index in [0.717, 1.165) is 0 Å². The first-order valence-corrected chi connectivity index (χ1v) is 6.65. The first kappa shape index (κ1) is 14.7. The standard InChI is InChI=1S/C11H16NO5P/c1-5-6-12-9(2)7-10(8-11(12)13)17-18(14,15-3)16-4/h5,7-8H,1,6H2,2-4H3. The first-order valence-electron chi connectivity index (χ1n) is 5.19. The summed E-state index contributed by atoms with van der Waals surface area (Å²) in [5.41, 5.74) is 0.389. The summed E-state index contributed by atoms with van der Waals surface area (Å²) in [6.07, 6.45) is 1.62. The molecule has 0 bridgehead atoms. The van der Waals surface area contributed by atoms with Gasteiger partial charge in [-0.1, -0.05) is 6.08 Å². The number of pyridine rings is 1. The molecular weight excluding hydrogens is 257 g/mol.